The number of fused-ring (bicyclic) bond motifs is 1. The molecule has 5 heteroatoms. The molecule has 3 heterocycles. The highest BCUT2D eigenvalue weighted by Gasteiger charge is 2.17. The SMILES string of the molecule is c1ccc(-c2nc3sccn3c2-c2nccs2)cc1. The molecule has 0 unspecified atom stereocenters. The van der Waals surface area contributed by atoms with Crippen LogP contribution in [0.3, 0.4) is 0 Å². The van der Waals surface area contributed by atoms with E-state index in [1.165, 1.54) is 0 Å². The maximum atomic E-state index is 4.75. The summed E-state index contributed by atoms with van der Waals surface area (Å²) in [6.07, 6.45) is 3.89. The van der Waals surface area contributed by atoms with Gasteiger partial charge in [0.1, 0.15) is 16.4 Å². The van der Waals surface area contributed by atoms with Crippen LogP contribution in [-0.4, -0.2) is 14.4 Å². The highest BCUT2D eigenvalue weighted by Crippen LogP contribution is 2.34. The summed E-state index contributed by atoms with van der Waals surface area (Å²) in [6.45, 7) is 0. The molecule has 0 N–H and O–H groups in total. The molecule has 19 heavy (non-hydrogen) atoms. The third kappa shape index (κ3) is 1.70. The van der Waals surface area contributed by atoms with Gasteiger partial charge in [-0.1, -0.05) is 30.3 Å². The quantitative estimate of drug-likeness (QED) is 0.552. The molecule has 92 valence electrons. The minimum Gasteiger partial charge on any atom is -0.287 e. The van der Waals surface area contributed by atoms with Crippen molar-refractivity contribution < 1.29 is 0 Å². The van der Waals surface area contributed by atoms with Crippen LogP contribution in [0.4, 0.5) is 0 Å². The van der Waals surface area contributed by atoms with Gasteiger partial charge in [0, 0.05) is 28.7 Å². The largest absolute Gasteiger partial charge is 0.287 e. The van der Waals surface area contributed by atoms with Crippen LogP contribution in [0.2, 0.25) is 0 Å². The van der Waals surface area contributed by atoms with E-state index in [1.54, 1.807) is 22.7 Å². The van der Waals surface area contributed by atoms with Gasteiger partial charge >= 0.3 is 0 Å². The van der Waals surface area contributed by atoms with Crippen molar-refractivity contribution in [2.24, 2.45) is 0 Å². The number of rotatable bonds is 2. The summed E-state index contributed by atoms with van der Waals surface area (Å²) in [5.41, 5.74) is 3.21. The Hall–Kier alpha value is -1.98. The average Bonchev–Trinajstić information content (AvgIpc) is 3.15. The van der Waals surface area contributed by atoms with Crippen molar-refractivity contribution in [3.63, 3.8) is 0 Å². The summed E-state index contributed by atoms with van der Waals surface area (Å²) in [7, 11) is 0. The average molecular weight is 283 g/mol. The Balaban J connectivity index is 2.06. The second kappa shape index (κ2) is 4.29. The van der Waals surface area contributed by atoms with Crippen molar-refractivity contribution in [2.75, 3.05) is 0 Å². The zero-order chi connectivity index (χ0) is 12.7. The summed E-state index contributed by atoms with van der Waals surface area (Å²) in [5, 5.41) is 5.05. The van der Waals surface area contributed by atoms with E-state index in [4.69, 9.17) is 4.98 Å². The van der Waals surface area contributed by atoms with Crippen molar-refractivity contribution in [1.29, 1.82) is 0 Å². The van der Waals surface area contributed by atoms with Crippen molar-refractivity contribution in [1.82, 2.24) is 14.4 Å². The Kier molecular flexibility index (Phi) is 2.46. The molecule has 0 aliphatic carbocycles. The van der Waals surface area contributed by atoms with E-state index in [0.29, 0.717) is 0 Å². The number of imidazole rings is 1. The Morgan fingerprint density at radius 1 is 1.00 bits per heavy atom. The Bertz CT molecular complexity index is 813. The van der Waals surface area contributed by atoms with Gasteiger partial charge in [0.2, 0.25) is 0 Å². The molecule has 3 aromatic heterocycles. The summed E-state index contributed by atoms with van der Waals surface area (Å²) in [4.78, 5) is 10.2. The van der Waals surface area contributed by atoms with E-state index in [1.807, 2.05) is 35.2 Å². The number of hydrogen-bond acceptors (Lipinski definition) is 4. The van der Waals surface area contributed by atoms with Gasteiger partial charge in [-0.2, -0.15) is 0 Å². The molecule has 4 aromatic rings. The van der Waals surface area contributed by atoms with Gasteiger partial charge in [0.05, 0.1) is 0 Å². The van der Waals surface area contributed by atoms with Crippen LogP contribution in [0.5, 0.6) is 0 Å². The third-order valence-corrected chi connectivity index (χ3v) is 4.48. The smallest absolute Gasteiger partial charge is 0.194 e. The second-order valence-corrected chi connectivity index (χ2v) is 5.84. The van der Waals surface area contributed by atoms with Gasteiger partial charge in [-0.25, -0.2) is 9.97 Å². The summed E-state index contributed by atoms with van der Waals surface area (Å²) < 4.78 is 2.12. The first kappa shape index (κ1) is 10.9. The molecule has 0 aliphatic rings. The van der Waals surface area contributed by atoms with Crippen LogP contribution in [0.1, 0.15) is 0 Å². The van der Waals surface area contributed by atoms with E-state index in [0.717, 1.165) is 26.9 Å². The van der Waals surface area contributed by atoms with Gasteiger partial charge in [0.25, 0.3) is 0 Å². The molecule has 0 aliphatic heterocycles. The first-order valence-corrected chi connectivity index (χ1v) is 7.60. The molecule has 1 aromatic carbocycles. The number of nitrogens with zero attached hydrogens (tertiary/aromatic N) is 3. The fourth-order valence-corrected chi connectivity index (χ4v) is 3.52. The number of benzene rings is 1. The van der Waals surface area contributed by atoms with E-state index < -0.39 is 0 Å². The van der Waals surface area contributed by atoms with Crippen LogP contribution >= 0.6 is 22.7 Å². The van der Waals surface area contributed by atoms with Crippen LogP contribution in [0, 0.1) is 0 Å². The van der Waals surface area contributed by atoms with E-state index >= 15 is 0 Å². The highest BCUT2D eigenvalue weighted by molar-refractivity contribution is 7.15. The summed E-state index contributed by atoms with van der Waals surface area (Å²) in [6, 6.07) is 10.3. The fraction of sp³-hybridized carbons (Fsp3) is 0. The lowest BCUT2D eigenvalue weighted by Gasteiger charge is -2.00. The first-order chi connectivity index (χ1) is 9.43. The molecular weight excluding hydrogens is 274 g/mol. The molecular formula is C14H9N3S2. The molecule has 0 amide bonds. The van der Waals surface area contributed by atoms with E-state index in [-0.39, 0.29) is 0 Å². The van der Waals surface area contributed by atoms with Crippen LogP contribution < -0.4 is 0 Å². The van der Waals surface area contributed by atoms with Crippen molar-refractivity contribution in [3.05, 3.63) is 53.5 Å². The van der Waals surface area contributed by atoms with Crippen molar-refractivity contribution in [2.45, 2.75) is 0 Å². The number of hydrogen-bond donors (Lipinski definition) is 0. The molecule has 0 atom stereocenters. The van der Waals surface area contributed by atoms with Gasteiger partial charge in [-0.3, -0.25) is 4.40 Å². The van der Waals surface area contributed by atoms with Crippen LogP contribution in [0.25, 0.3) is 26.9 Å². The molecule has 0 radical (unpaired) electrons. The van der Waals surface area contributed by atoms with Gasteiger partial charge < -0.3 is 0 Å². The minimum absolute atomic E-state index is 1.00. The summed E-state index contributed by atoms with van der Waals surface area (Å²) in [5.74, 6) is 0. The van der Waals surface area contributed by atoms with E-state index in [2.05, 4.69) is 27.7 Å². The molecule has 0 bridgehead atoms. The van der Waals surface area contributed by atoms with Crippen molar-refractivity contribution in [3.8, 4) is 22.0 Å². The lowest BCUT2D eigenvalue weighted by atomic mass is 10.1. The maximum Gasteiger partial charge on any atom is 0.194 e. The lowest BCUT2D eigenvalue weighted by Crippen LogP contribution is -1.86. The van der Waals surface area contributed by atoms with Gasteiger partial charge in [-0.05, 0) is 0 Å². The molecule has 0 saturated carbocycles. The summed E-state index contributed by atoms with van der Waals surface area (Å²) >= 11 is 3.28. The first-order valence-electron chi connectivity index (χ1n) is 5.84. The molecule has 0 saturated heterocycles. The molecule has 3 nitrogen and oxygen atoms in total. The predicted octanol–water partition coefficient (Wildman–Crippen LogP) is 4.19. The predicted molar refractivity (Wildman–Crippen MR) is 79.6 cm³/mol. The minimum atomic E-state index is 1.00. The molecule has 0 fully saturated rings. The number of thiazole rings is 2. The van der Waals surface area contributed by atoms with Gasteiger partial charge in [-0.15, -0.1) is 22.7 Å². The Labute approximate surface area is 117 Å². The monoisotopic (exact) mass is 283 g/mol. The zero-order valence-corrected chi connectivity index (χ0v) is 11.5. The van der Waals surface area contributed by atoms with Crippen LogP contribution in [0.15, 0.2) is 53.5 Å². The highest BCUT2D eigenvalue weighted by atomic mass is 32.1. The Morgan fingerprint density at radius 3 is 2.68 bits per heavy atom. The molecule has 0 spiro atoms. The van der Waals surface area contributed by atoms with Crippen molar-refractivity contribution >= 4 is 27.6 Å². The van der Waals surface area contributed by atoms with E-state index in [9.17, 15) is 0 Å². The van der Waals surface area contributed by atoms with Crippen LogP contribution in [-0.2, 0) is 0 Å². The third-order valence-electron chi connectivity index (χ3n) is 2.94. The standard InChI is InChI=1S/C14H9N3S2/c1-2-4-10(5-3-1)11-12(13-15-6-8-18-13)17-7-9-19-14(17)16-11/h1-9H. The fourth-order valence-electron chi connectivity index (χ4n) is 2.13. The number of aromatic nitrogens is 3. The zero-order valence-electron chi connectivity index (χ0n) is 9.85. The maximum absolute atomic E-state index is 4.75. The van der Waals surface area contributed by atoms with Gasteiger partial charge in [0.15, 0.2) is 4.96 Å². The lowest BCUT2D eigenvalue weighted by molar-refractivity contribution is 1.22. The normalized spacial score (nSPS) is 11.2. The second-order valence-electron chi connectivity index (χ2n) is 4.07. The Morgan fingerprint density at radius 2 is 1.89 bits per heavy atom. The topological polar surface area (TPSA) is 30.2 Å². The molecule has 4 rings (SSSR count).